The smallest absolute Gasteiger partial charge is 0.219 e. The molecule has 1 aliphatic rings. The van der Waals surface area contributed by atoms with Crippen LogP contribution >= 0.6 is 0 Å². The molecule has 70 valence electrons. The summed E-state index contributed by atoms with van der Waals surface area (Å²) in [6.45, 7) is 4.46. The highest BCUT2D eigenvalue weighted by Crippen LogP contribution is 2.11. The van der Waals surface area contributed by atoms with Crippen molar-refractivity contribution in [2.75, 3.05) is 26.2 Å². The van der Waals surface area contributed by atoms with Gasteiger partial charge in [-0.1, -0.05) is 0 Å². The first-order valence-electron chi connectivity index (χ1n) is 4.31. The SMILES string of the molecule is CC(=O)N1CC(OCCCN)C1. The van der Waals surface area contributed by atoms with Crippen molar-refractivity contribution in [2.45, 2.75) is 19.4 Å². The molecule has 0 bridgehead atoms. The molecule has 12 heavy (non-hydrogen) atoms. The van der Waals surface area contributed by atoms with Crippen LogP contribution < -0.4 is 5.73 Å². The van der Waals surface area contributed by atoms with Crippen LogP contribution in [0.5, 0.6) is 0 Å². The fourth-order valence-electron chi connectivity index (χ4n) is 1.13. The van der Waals surface area contributed by atoms with E-state index in [9.17, 15) is 4.79 Å². The monoisotopic (exact) mass is 172 g/mol. The van der Waals surface area contributed by atoms with Gasteiger partial charge in [-0.25, -0.2) is 0 Å². The van der Waals surface area contributed by atoms with E-state index in [1.54, 1.807) is 11.8 Å². The first-order valence-corrected chi connectivity index (χ1v) is 4.31. The van der Waals surface area contributed by atoms with Crippen molar-refractivity contribution in [1.82, 2.24) is 4.90 Å². The summed E-state index contributed by atoms with van der Waals surface area (Å²) in [7, 11) is 0. The molecule has 0 aromatic heterocycles. The van der Waals surface area contributed by atoms with Crippen LogP contribution in [0.3, 0.4) is 0 Å². The standard InChI is InChI=1S/C8H16N2O2/c1-7(11)10-5-8(6-10)12-4-2-3-9/h8H,2-6,9H2,1H3. The molecule has 0 unspecified atom stereocenters. The maximum Gasteiger partial charge on any atom is 0.219 e. The second kappa shape index (κ2) is 4.42. The van der Waals surface area contributed by atoms with Crippen LogP contribution in [0.2, 0.25) is 0 Å². The lowest BCUT2D eigenvalue weighted by Gasteiger charge is -2.38. The zero-order valence-corrected chi connectivity index (χ0v) is 7.45. The Hall–Kier alpha value is -0.610. The quantitative estimate of drug-likeness (QED) is 0.586. The van der Waals surface area contributed by atoms with E-state index >= 15 is 0 Å². The number of rotatable bonds is 4. The summed E-state index contributed by atoms with van der Waals surface area (Å²) in [5.74, 6) is 0.133. The van der Waals surface area contributed by atoms with Crippen molar-refractivity contribution < 1.29 is 9.53 Å². The van der Waals surface area contributed by atoms with E-state index in [0.717, 1.165) is 19.5 Å². The molecule has 1 aliphatic heterocycles. The summed E-state index contributed by atoms with van der Waals surface area (Å²) >= 11 is 0. The van der Waals surface area contributed by atoms with Crippen LogP contribution in [-0.2, 0) is 9.53 Å². The third-order valence-corrected chi connectivity index (χ3v) is 2.00. The second-order valence-electron chi connectivity index (χ2n) is 3.06. The van der Waals surface area contributed by atoms with Crippen molar-refractivity contribution in [3.8, 4) is 0 Å². The molecular formula is C8H16N2O2. The Morgan fingerprint density at radius 1 is 1.67 bits per heavy atom. The fraction of sp³-hybridized carbons (Fsp3) is 0.875. The van der Waals surface area contributed by atoms with Crippen molar-refractivity contribution in [3.05, 3.63) is 0 Å². The molecular weight excluding hydrogens is 156 g/mol. The first kappa shape index (κ1) is 9.48. The Labute approximate surface area is 72.7 Å². The molecule has 0 atom stereocenters. The Bertz CT molecular complexity index is 155. The summed E-state index contributed by atoms with van der Waals surface area (Å²) in [4.78, 5) is 12.5. The normalized spacial score (nSPS) is 17.7. The van der Waals surface area contributed by atoms with Gasteiger partial charge in [0, 0.05) is 26.6 Å². The largest absolute Gasteiger partial charge is 0.374 e. The van der Waals surface area contributed by atoms with Gasteiger partial charge in [0.25, 0.3) is 0 Å². The lowest BCUT2D eigenvalue weighted by molar-refractivity contribution is -0.142. The molecule has 0 spiro atoms. The molecule has 1 saturated heterocycles. The van der Waals surface area contributed by atoms with E-state index in [2.05, 4.69) is 0 Å². The van der Waals surface area contributed by atoms with Crippen LogP contribution in [0.15, 0.2) is 0 Å². The number of amides is 1. The number of ether oxygens (including phenoxy) is 1. The van der Waals surface area contributed by atoms with Crippen LogP contribution in [0.25, 0.3) is 0 Å². The summed E-state index contributed by atoms with van der Waals surface area (Å²) in [6.07, 6.45) is 1.15. The van der Waals surface area contributed by atoms with E-state index in [-0.39, 0.29) is 12.0 Å². The van der Waals surface area contributed by atoms with Gasteiger partial charge in [-0.3, -0.25) is 4.79 Å². The van der Waals surface area contributed by atoms with Gasteiger partial charge in [-0.05, 0) is 13.0 Å². The highest BCUT2D eigenvalue weighted by molar-refractivity contribution is 5.74. The van der Waals surface area contributed by atoms with Crippen molar-refractivity contribution >= 4 is 5.91 Å². The Morgan fingerprint density at radius 2 is 2.33 bits per heavy atom. The predicted octanol–water partition coefficient (Wildman–Crippen LogP) is -0.417. The summed E-state index contributed by atoms with van der Waals surface area (Å²) in [6, 6.07) is 0. The van der Waals surface area contributed by atoms with Gasteiger partial charge in [-0.2, -0.15) is 0 Å². The second-order valence-corrected chi connectivity index (χ2v) is 3.06. The number of hydrogen-bond acceptors (Lipinski definition) is 3. The van der Waals surface area contributed by atoms with Gasteiger partial charge in [0.05, 0.1) is 6.10 Å². The van der Waals surface area contributed by atoms with E-state index in [0.29, 0.717) is 13.2 Å². The predicted molar refractivity (Wildman–Crippen MR) is 45.7 cm³/mol. The number of likely N-dealkylation sites (tertiary alicyclic amines) is 1. The summed E-state index contributed by atoms with van der Waals surface area (Å²) in [5, 5.41) is 0. The van der Waals surface area contributed by atoms with E-state index in [4.69, 9.17) is 10.5 Å². The Balaban J connectivity index is 1.98. The van der Waals surface area contributed by atoms with Gasteiger partial charge >= 0.3 is 0 Å². The third-order valence-electron chi connectivity index (χ3n) is 2.00. The van der Waals surface area contributed by atoms with Crippen LogP contribution in [0.4, 0.5) is 0 Å². The molecule has 4 nitrogen and oxygen atoms in total. The molecule has 2 N–H and O–H groups in total. The van der Waals surface area contributed by atoms with Crippen LogP contribution in [0.1, 0.15) is 13.3 Å². The highest BCUT2D eigenvalue weighted by Gasteiger charge is 2.28. The molecule has 0 aromatic rings. The summed E-state index contributed by atoms with van der Waals surface area (Å²) < 4.78 is 5.42. The number of nitrogens with two attached hydrogens (primary N) is 1. The van der Waals surface area contributed by atoms with Gasteiger partial charge in [0.15, 0.2) is 0 Å². The highest BCUT2D eigenvalue weighted by atomic mass is 16.5. The number of nitrogens with zero attached hydrogens (tertiary/aromatic N) is 1. The maximum absolute atomic E-state index is 10.8. The minimum atomic E-state index is 0.133. The third kappa shape index (κ3) is 2.46. The number of hydrogen-bond donors (Lipinski definition) is 1. The Kier molecular flexibility index (Phi) is 3.49. The lowest BCUT2D eigenvalue weighted by Crippen LogP contribution is -2.54. The minimum absolute atomic E-state index is 0.133. The van der Waals surface area contributed by atoms with Crippen LogP contribution in [0, 0.1) is 0 Å². The molecule has 0 aromatic carbocycles. The summed E-state index contributed by atoms with van der Waals surface area (Å²) in [5.41, 5.74) is 5.31. The first-order chi connectivity index (χ1) is 5.74. The van der Waals surface area contributed by atoms with E-state index in [1.807, 2.05) is 0 Å². The molecule has 1 amide bonds. The number of carbonyl (C=O) groups excluding carboxylic acids is 1. The lowest BCUT2D eigenvalue weighted by atomic mass is 10.2. The van der Waals surface area contributed by atoms with Gasteiger partial charge in [0.1, 0.15) is 0 Å². The molecule has 1 fully saturated rings. The molecule has 0 aliphatic carbocycles. The van der Waals surface area contributed by atoms with Gasteiger partial charge in [-0.15, -0.1) is 0 Å². The number of carbonyl (C=O) groups is 1. The maximum atomic E-state index is 10.8. The topological polar surface area (TPSA) is 55.6 Å². The van der Waals surface area contributed by atoms with Crippen LogP contribution in [-0.4, -0.2) is 43.2 Å². The fourth-order valence-corrected chi connectivity index (χ4v) is 1.13. The van der Waals surface area contributed by atoms with E-state index in [1.165, 1.54) is 0 Å². The van der Waals surface area contributed by atoms with Gasteiger partial charge in [0.2, 0.25) is 5.91 Å². The average molecular weight is 172 g/mol. The molecule has 0 saturated carbocycles. The molecule has 1 heterocycles. The minimum Gasteiger partial charge on any atom is -0.374 e. The molecule has 0 radical (unpaired) electrons. The zero-order chi connectivity index (χ0) is 8.97. The van der Waals surface area contributed by atoms with E-state index < -0.39 is 0 Å². The van der Waals surface area contributed by atoms with Crippen molar-refractivity contribution in [1.29, 1.82) is 0 Å². The Morgan fingerprint density at radius 3 is 2.83 bits per heavy atom. The van der Waals surface area contributed by atoms with Crippen molar-refractivity contribution in [2.24, 2.45) is 5.73 Å². The molecule has 4 heteroatoms. The molecule has 1 rings (SSSR count). The van der Waals surface area contributed by atoms with Crippen molar-refractivity contribution in [3.63, 3.8) is 0 Å². The average Bonchev–Trinajstić information content (AvgIpc) is 1.93. The van der Waals surface area contributed by atoms with Gasteiger partial charge < -0.3 is 15.4 Å². The zero-order valence-electron chi connectivity index (χ0n) is 7.45.